The average molecular weight is 370 g/mol. The van der Waals surface area contributed by atoms with E-state index < -0.39 is 35.2 Å². The topological polar surface area (TPSA) is 105 Å². The summed E-state index contributed by atoms with van der Waals surface area (Å²) in [7, 11) is 0. The van der Waals surface area contributed by atoms with E-state index in [1.165, 1.54) is 0 Å². The molecule has 1 saturated carbocycles. The summed E-state index contributed by atoms with van der Waals surface area (Å²) >= 11 is 0. The molecule has 1 atom stereocenters. The van der Waals surface area contributed by atoms with Gasteiger partial charge >= 0.3 is 12.1 Å². The molecule has 0 unspecified atom stereocenters. The summed E-state index contributed by atoms with van der Waals surface area (Å²) in [6, 6.07) is -0.998. The molecular formula is C19H34N2O5. The van der Waals surface area contributed by atoms with E-state index in [4.69, 9.17) is 4.74 Å². The second kappa shape index (κ2) is 8.27. The van der Waals surface area contributed by atoms with Crippen molar-refractivity contribution in [2.24, 2.45) is 5.41 Å². The predicted octanol–water partition coefficient (Wildman–Crippen LogP) is 3.22. The maximum Gasteiger partial charge on any atom is 0.408 e. The molecule has 3 N–H and O–H groups in total. The van der Waals surface area contributed by atoms with Crippen LogP contribution in [0.4, 0.5) is 4.79 Å². The standard InChI is InChI=1S/C19H34N2O5/c1-17(2,3)12-13(14(22)23)20-15(24)19(10-8-7-9-11-19)21-16(25)26-18(4,5)6/h13H,7-12H2,1-6H3,(H,20,24)(H,21,25)(H,22,23)/t13-/m0/s1. The van der Waals surface area contributed by atoms with E-state index in [2.05, 4.69) is 10.6 Å². The van der Waals surface area contributed by atoms with Crippen LogP contribution in [0.2, 0.25) is 0 Å². The molecular weight excluding hydrogens is 336 g/mol. The van der Waals surface area contributed by atoms with E-state index in [-0.39, 0.29) is 5.41 Å². The van der Waals surface area contributed by atoms with Crippen LogP contribution in [0.1, 0.15) is 80.1 Å². The van der Waals surface area contributed by atoms with Gasteiger partial charge in [-0.3, -0.25) is 4.79 Å². The van der Waals surface area contributed by atoms with Gasteiger partial charge in [0.05, 0.1) is 0 Å². The Labute approximate surface area is 156 Å². The highest BCUT2D eigenvalue weighted by Crippen LogP contribution is 2.30. The molecule has 26 heavy (non-hydrogen) atoms. The number of carboxylic acid groups (broad SMARTS) is 1. The zero-order chi connectivity index (χ0) is 20.2. The Morgan fingerprint density at radius 3 is 2.00 bits per heavy atom. The molecule has 1 aliphatic rings. The Morgan fingerprint density at radius 1 is 1.04 bits per heavy atom. The number of aliphatic carboxylic acids is 1. The number of hydrogen-bond donors (Lipinski definition) is 3. The monoisotopic (exact) mass is 370 g/mol. The SMILES string of the molecule is CC(C)(C)C[C@H](NC(=O)C1(NC(=O)OC(C)(C)C)CCCCC1)C(=O)O. The van der Waals surface area contributed by atoms with Crippen LogP contribution >= 0.6 is 0 Å². The Hall–Kier alpha value is -1.79. The van der Waals surface area contributed by atoms with Gasteiger partial charge in [0.2, 0.25) is 5.91 Å². The lowest BCUT2D eigenvalue weighted by atomic mass is 9.80. The second-order valence-electron chi connectivity index (χ2n) is 9.40. The summed E-state index contributed by atoms with van der Waals surface area (Å²) in [5, 5.41) is 14.8. The third kappa shape index (κ3) is 7.22. The van der Waals surface area contributed by atoms with Crippen molar-refractivity contribution in [2.45, 2.75) is 97.2 Å². The van der Waals surface area contributed by atoms with Gasteiger partial charge in [0.25, 0.3) is 0 Å². The van der Waals surface area contributed by atoms with Crippen LogP contribution in [-0.2, 0) is 14.3 Å². The van der Waals surface area contributed by atoms with Crippen molar-refractivity contribution in [1.82, 2.24) is 10.6 Å². The summed E-state index contributed by atoms with van der Waals surface area (Å²) < 4.78 is 5.30. The summed E-state index contributed by atoms with van der Waals surface area (Å²) in [4.78, 5) is 36.8. The van der Waals surface area contributed by atoms with Gasteiger partial charge in [-0.05, 0) is 45.4 Å². The molecule has 0 spiro atoms. The summed E-state index contributed by atoms with van der Waals surface area (Å²) in [5.74, 6) is -1.52. The molecule has 7 heteroatoms. The molecule has 0 radical (unpaired) electrons. The molecule has 0 aromatic rings. The number of carbonyl (C=O) groups excluding carboxylic acids is 2. The van der Waals surface area contributed by atoms with Crippen molar-refractivity contribution in [3.8, 4) is 0 Å². The van der Waals surface area contributed by atoms with E-state index in [1.807, 2.05) is 20.8 Å². The molecule has 1 fully saturated rings. The fraction of sp³-hybridized carbons (Fsp3) is 0.842. The third-order valence-corrected chi connectivity index (χ3v) is 4.30. The number of carbonyl (C=O) groups is 3. The van der Waals surface area contributed by atoms with E-state index >= 15 is 0 Å². The first-order chi connectivity index (χ1) is 11.7. The highest BCUT2D eigenvalue weighted by Gasteiger charge is 2.43. The molecule has 7 nitrogen and oxygen atoms in total. The number of alkyl carbamates (subject to hydrolysis) is 1. The van der Waals surface area contributed by atoms with Gasteiger partial charge in [0, 0.05) is 0 Å². The maximum absolute atomic E-state index is 13.0. The fourth-order valence-corrected chi connectivity index (χ4v) is 3.17. The lowest BCUT2D eigenvalue weighted by Gasteiger charge is -2.38. The van der Waals surface area contributed by atoms with Crippen LogP contribution in [0.25, 0.3) is 0 Å². The maximum atomic E-state index is 13.0. The lowest BCUT2D eigenvalue weighted by Crippen LogP contribution is -2.62. The fourth-order valence-electron chi connectivity index (χ4n) is 3.17. The number of rotatable bonds is 5. The number of carboxylic acids is 1. The van der Waals surface area contributed by atoms with Crippen LogP contribution in [0.5, 0.6) is 0 Å². The average Bonchev–Trinajstić information content (AvgIpc) is 2.43. The van der Waals surface area contributed by atoms with Gasteiger partial charge in [0.15, 0.2) is 0 Å². The molecule has 0 aromatic carbocycles. The van der Waals surface area contributed by atoms with Gasteiger partial charge in [-0.25, -0.2) is 9.59 Å². The molecule has 0 aromatic heterocycles. The third-order valence-electron chi connectivity index (χ3n) is 4.30. The first-order valence-electron chi connectivity index (χ1n) is 9.29. The minimum atomic E-state index is -1.12. The van der Waals surface area contributed by atoms with Gasteiger partial charge in [-0.1, -0.05) is 40.0 Å². The van der Waals surface area contributed by atoms with Gasteiger partial charge < -0.3 is 20.5 Å². The predicted molar refractivity (Wildman–Crippen MR) is 98.8 cm³/mol. The zero-order valence-electron chi connectivity index (χ0n) is 16.9. The van der Waals surface area contributed by atoms with Gasteiger partial charge in [-0.2, -0.15) is 0 Å². The molecule has 150 valence electrons. The molecule has 0 saturated heterocycles. The van der Waals surface area contributed by atoms with Crippen molar-refractivity contribution >= 4 is 18.0 Å². The molecule has 0 heterocycles. The first kappa shape index (κ1) is 22.3. The van der Waals surface area contributed by atoms with E-state index in [0.717, 1.165) is 19.3 Å². The summed E-state index contributed by atoms with van der Waals surface area (Å²) in [6.45, 7) is 11.0. The Kier molecular flexibility index (Phi) is 7.08. The minimum absolute atomic E-state index is 0.255. The van der Waals surface area contributed by atoms with Crippen LogP contribution in [0.3, 0.4) is 0 Å². The van der Waals surface area contributed by atoms with E-state index in [0.29, 0.717) is 19.3 Å². The highest BCUT2D eigenvalue weighted by molar-refractivity contribution is 5.92. The molecule has 0 aliphatic heterocycles. The summed E-state index contributed by atoms with van der Waals surface area (Å²) in [6.07, 6.45) is 3.16. The second-order valence-corrected chi connectivity index (χ2v) is 9.40. The smallest absolute Gasteiger partial charge is 0.408 e. The van der Waals surface area contributed by atoms with Crippen molar-refractivity contribution in [2.75, 3.05) is 0 Å². The minimum Gasteiger partial charge on any atom is -0.480 e. The number of ether oxygens (including phenoxy) is 1. The Balaban J connectivity index is 2.94. The molecule has 2 amide bonds. The van der Waals surface area contributed by atoms with Gasteiger partial charge in [0.1, 0.15) is 17.2 Å². The van der Waals surface area contributed by atoms with Crippen LogP contribution in [-0.4, -0.2) is 40.3 Å². The van der Waals surface area contributed by atoms with Crippen molar-refractivity contribution in [1.29, 1.82) is 0 Å². The quantitative estimate of drug-likeness (QED) is 0.689. The van der Waals surface area contributed by atoms with Crippen LogP contribution in [0, 0.1) is 5.41 Å². The van der Waals surface area contributed by atoms with Crippen LogP contribution in [0.15, 0.2) is 0 Å². The zero-order valence-corrected chi connectivity index (χ0v) is 16.9. The van der Waals surface area contributed by atoms with E-state index in [9.17, 15) is 19.5 Å². The number of amides is 2. The normalized spacial score (nSPS) is 18.5. The largest absolute Gasteiger partial charge is 0.480 e. The number of nitrogens with one attached hydrogen (secondary N) is 2. The van der Waals surface area contributed by atoms with Crippen molar-refractivity contribution < 1.29 is 24.2 Å². The summed E-state index contributed by atoms with van der Waals surface area (Å²) in [5.41, 5.74) is -2.05. The van der Waals surface area contributed by atoms with E-state index in [1.54, 1.807) is 20.8 Å². The lowest BCUT2D eigenvalue weighted by molar-refractivity contribution is -0.144. The number of hydrogen-bond acceptors (Lipinski definition) is 4. The van der Waals surface area contributed by atoms with Crippen molar-refractivity contribution in [3.05, 3.63) is 0 Å². The Morgan fingerprint density at radius 2 is 1.58 bits per heavy atom. The molecule has 1 aliphatic carbocycles. The van der Waals surface area contributed by atoms with Crippen molar-refractivity contribution in [3.63, 3.8) is 0 Å². The molecule has 0 bridgehead atoms. The van der Waals surface area contributed by atoms with Crippen LogP contribution < -0.4 is 10.6 Å². The highest BCUT2D eigenvalue weighted by atomic mass is 16.6. The molecule has 1 rings (SSSR count). The Bertz CT molecular complexity index is 525. The van der Waals surface area contributed by atoms with Gasteiger partial charge in [-0.15, -0.1) is 0 Å². The first-order valence-corrected chi connectivity index (χ1v) is 9.29.